The summed E-state index contributed by atoms with van der Waals surface area (Å²) in [5.41, 5.74) is 1.00. The Labute approximate surface area is 106 Å². The highest BCUT2D eigenvalue weighted by Gasteiger charge is 2.19. The summed E-state index contributed by atoms with van der Waals surface area (Å²) in [6.45, 7) is 0.276. The lowest BCUT2D eigenvalue weighted by atomic mass is 9.89. The van der Waals surface area contributed by atoms with E-state index in [0.29, 0.717) is 12.2 Å². The topological polar surface area (TPSA) is 35.5 Å². The van der Waals surface area contributed by atoms with Crippen molar-refractivity contribution in [2.75, 3.05) is 6.79 Å². The fourth-order valence-electron chi connectivity index (χ4n) is 2.46. The summed E-state index contributed by atoms with van der Waals surface area (Å²) >= 11 is 0. The number of allylic oxidation sites excluding steroid dienone is 2. The van der Waals surface area contributed by atoms with Crippen LogP contribution in [0.2, 0.25) is 0 Å². The molecule has 3 rings (SSSR count). The monoisotopic (exact) mass is 244 g/mol. The Hall–Kier alpha value is -1.77. The van der Waals surface area contributed by atoms with Crippen LogP contribution in [0.15, 0.2) is 30.4 Å². The van der Waals surface area contributed by atoms with Crippen LogP contribution in [-0.4, -0.2) is 12.6 Å². The van der Waals surface area contributed by atoms with Crippen molar-refractivity contribution in [2.45, 2.75) is 25.7 Å². The van der Waals surface area contributed by atoms with Crippen molar-refractivity contribution < 1.29 is 14.3 Å². The van der Waals surface area contributed by atoms with Crippen LogP contribution < -0.4 is 9.47 Å². The second kappa shape index (κ2) is 4.84. The molecule has 94 valence electrons. The van der Waals surface area contributed by atoms with Crippen LogP contribution in [0.1, 0.15) is 24.8 Å². The number of benzene rings is 1. The molecule has 1 unspecified atom stereocenters. The largest absolute Gasteiger partial charge is 0.454 e. The lowest BCUT2D eigenvalue weighted by Gasteiger charge is -2.15. The minimum absolute atomic E-state index is 0.101. The molecule has 0 fully saturated rings. The molecule has 1 heterocycles. The molecule has 0 spiro atoms. The summed E-state index contributed by atoms with van der Waals surface area (Å²) in [6.07, 6.45) is 7.86. The van der Waals surface area contributed by atoms with E-state index >= 15 is 0 Å². The Morgan fingerprint density at radius 1 is 1.28 bits per heavy atom. The van der Waals surface area contributed by atoms with Gasteiger partial charge in [0.15, 0.2) is 11.5 Å². The van der Waals surface area contributed by atoms with Crippen molar-refractivity contribution >= 4 is 5.78 Å². The average molecular weight is 244 g/mol. The van der Waals surface area contributed by atoms with E-state index in [4.69, 9.17) is 9.47 Å². The number of rotatable bonds is 3. The summed E-state index contributed by atoms with van der Waals surface area (Å²) in [5, 5.41) is 0. The first-order chi connectivity index (χ1) is 8.83. The van der Waals surface area contributed by atoms with Crippen LogP contribution in [0.4, 0.5) is 0 Å². The van der Waals surface area contributed by atoms with Gasteiger partial charge in [0.25, 0.3) is 0 Å². The predicted molar refractivity (Wildman–Crippen MR) is 67.8 cm³/mol. The van der Waals surface area contributed by atoms with Gasteiger partial charge in [0, 0.05) is 12.3 Å². The fraction of sp³-hybridized carbons (Fsp3) is 0.400. The Morgan fingerprint density at radius 3 is 3.00 bits per heavy atom. The number of ketones is 1. The molecule has 2 aliphatic rings. The predicted octanol–water partition coefficient (Wildman–Crippen LogP) is 2.88. The molecular formula is C15H16O3. The highest BCUT2D eigenvalue weighted by atomic mass is 16.7. The first-order valence-electron chi connectivity index (χ1n) is 6.41. The number of carbonyl (C=O) groups is 1. The SMILES string of the molecule is O=C(Cc1ccc2c(c1)OCO2)C1C=CCCC1. The van der Waals surface area contributed by atoms with Crippen molar-refractivity contribution in [3.63, 3.8) is 0 Å². The third-order valence-corrected chi connectivity index (χ3v) is 3.48. The highest BCUT2D eigenvalue weighted by Crippen LogP contribution is 2.33. The Morgan fingerprint density at radius 2 is 2.17 bits per heavy atom. The summed E-state index contributed by atoms with van der Waals surface area (Å²) in [4.78, 5) is 12.1. The average Bonchev–Trinajstić information content (AvgIpc) is 2.87. The van der Waals surface area contributed by atoms with Crippen LogP contribution >= 0.6 is 0 Å². The molecule has 3 nitrogen and oxygen atoms in total. The van der Waals surface area contributed by atoms with Crippen molar-refractivity contribution in [1.82, 2.24) is 0 Å². The summed E-state index contributed by atoms with van der Waals surface area (Å²) in [5.74, 6) is 1.91. The van der Waals surface area contributed by atoms with E-state index < -0.39 is 0 Å². The molecule has 0 amide bonds. The molecule has 1 atom stereocenters. The van der Waals surface area contributed by atoms with E-state index in [9.17, 15) is 4.79 Å². The molecule has 1 aliphatic heterocycles. The minimum Gasteiger partial charge on any atom is -0.454 e. The van der Waals surface area contributed by atoms with Crippen molar-refractivity contribution in [3.8, 4) is 11.5 Å². The van der Waals surface area contributed by atoms with Crippen molar-refractivity contribution in [3.05, 3.63) is 35.9 Å². The second-order valence-electron chi connectivity index (χ2n) is 4.80. The number of Topliss-reactive ketones (excluding diaryl/α,β-unsaturated/α-hetero) is 1. The minimum atomic E-state index is 0.101. The molecule has 0 saturated carbocycles. The maximum Gasteiger partial charge on any atom is 0.231 e. The van der Waals surface area contributed by atoms with E-state index in [-0.39, 0.29) is 12.7 Å². The Balaban J connectivity index is 1.70. The number of hydrogen-bond donors (Lipinski definition) is 0. The Bertz CT molecular complexity index is 491. The lowest BCUT2D eigenvalue weighted by molar-refractivity contribution is -0.121. The molecule has 0 N–H and O–H groups in total. The van der Waals surface area contributed by atoms with Crippen LogP contribution in [-0.2, 0) is 11.2 Å². The highest BCUT2D eigenvalue weighted by molar-refractivity contribution is 5.85. The summed E-state index contributed by atoms with van der Waals surface area (Å²) < 4.78 is 10.6. The van der Waals surface area contributed by atoms with E-state index in [1.165, 1.54) is 0 Å². The van der Waals surface area contributed by atoms with Gasteiger partial charge in [-0.05, 0) is 37.0 Å². The maximum atomic E-state index is 12.1. The van der Waals surface area contributed by atoms with Gasteiger partial charge in [-0.1, -0.05) is 18.2 Å². The molecule has 3 heteroatoms. The van der Waals surface area contributed by atoms with Crippen molar-refractivity contribution in [1.29, 1.82) is 0 Å². The summed E-state index contributed by atoms with van der Waals surface area (Å²) in [6, 6.07) is 5.73. The van der Waals surface area contributed by atoms with E-state index in [1.54, 1.807) is 0 Å². The van der Waals surface area contributed by atoms with Crippen LogP contribution in [0.25, 0.3) is 0 Å². The molecule has 0 bridgehead atoms. The van der Waals surface area contributed by atoms with Gasteiger partial charge < -0.3 is 9.47 Å². The third-order valence-electron chi connectivity index (χ3n) is 3.48. The zero-order valence-electron chi connectivity index (χ0n) is 10.2. The van der Waals surface area contributed by atoms with Crippen LogP contribution in [0, 0.1) is 5.92 Å². The number of carbonyl (C=O) groups excluding carboxylic acids is 1. The fourth-order valence-corrected chi connectivity index (χ4v) is 2.46. The maximum absolute atomic E-state index is 12.1. The van der Waals surface area contributed by atoms with E-state index in [2.05, 4.69) is 12.2 Å². The van der Waals surface area contributed by atoms with Gasteiger partial charge in [-0.25, -0.2) is 0 Å². The molecule has 0 saturated heterocycles. The molecule has 1 aliphatic carbocycles. The van der Waals surface area contributed by atoms with Gasteiger partial charge in [-0.2, -0.15) is 0 Å². The van der Waals surface area contributed by atoms with Crippen LogP contribution in [0.3, 0.4) is 0 Å². The van der Waals surface area contributed by atoms with E-state index in [0.717, 1.165) is 36.3 Å². The summed E-state index contributed by atoms with van der Waals surface area (Å²) in [7, 11) is 0. The second-order valence-corrected chi connectivity index (χ2v) is 4.80. The standard InChI is InChI=1S/C15H16O3/c16-13(12-4-2-1-3-5-12)8-11-6-7-14-15(9-11)18-10-17-14/h2,4,6-7,9,12H,1,3,5,8,10H2. The van der Waals surface area contributed by atoms with Gasteiger partial charge >= 0.3 is 0 Å². The van der Waals surface area contributed by atoms with Gasteiger partial charge in [0.1, 0.15) is 5.78 Å². The number of hydrogen-bond acceptors (Lipinski definition) is 3. The number of ether oxygens (including phenoxy) is 2. The van der Waals surface area contributed by atoms with E-state index in [1.807, 2.05) is 18.2 Å². The normalized spacial score (nSPS) is 21.0. The smallest absolute Gasteiger partial charge is 0.231 e. The van der Waals surface area contributed by atoms with Crippen molar-refractivity contribution in [2.24, 2.45) is 5.92 Å². The third kappa shape index (κ3) is 2.26. The van der Waals surface area contributed by atoms with Crippen LogP contribution in [0.5, 0.6) is 11.5 Å². The molecule has 1 aromatic rings. The molecule has 18 heavy (non-hydrogen) atoms. The zero-order valence-corrected chi connectivity index (χ0v) is 10.2. The molecular weight excluding hydrogens is 228 g/mol. The quantitative estimate of drug-likeness (QED) is 0.767. The molecule has 1 aromatic carbocycles. The van der Waals surface area contributed by atoms with Gasteiger partial charge in [-0.3, -0.25) is 4.79 Å². The van der Waals surface area contributed by atoms with Gasteiger partial charge in [0.05, 0.1) is 0 Å². The molecule has 0 radical (unpaired) electrons. The number of fused-ring (bicyclic) bond motifs is 1. The lowest BCUT2D eigenvalue weighted by Crippen LogP contribution is -2.16. The van der Waals surface area contributed by atoms with Gasteiger partial charge in [0.2, 0.25) is 6.79 Å². The molecule has 0 aromatic heterocycles. The first kappa shape index (κ1) is 11.3. The first-order valence-corrected chi connectivity index (χ1v) is 6.41. The van der Waals surface area contributed by atoms with Gasteiger partial charge in [-0.15, -0.1) is 0 Å². The zero-order chi connectivity index (χ0) is 12.4. The Kier molecular flexibility index (Phi) is 3.05.